The summed E-state index contributed by atoms with van der Waals surface area (Å²) in [5, 5.41) is 16.1. The first-order valence-electron chi connectivity index (χ1n) is 16.6. The van der Waals surface area contributed by atoms with Gasteiger partial charge < -0.3 is 10.2 Å². The molecule has 1 fully saturated rings. The second kappa shape index (κ2) is 12.9. The molecular formula is C37H31ClF2N10O2. The zero-order valence-electron chi connectivity index (χ0n) is 28.0. The molecule has 4 aromatic heterocycles. The minimum atomic E-state index is -3.15. The molecule has 0 aliphatic carbocycles. The molecule has 262 valence electrons. The molecule has 1 N–H and O–H groups in total. The Hall–Kier alpha value is -6.02. The first-order chi connectivity index (χ1) is 25.0. The number of carbonyl (C=O) groups excluding carboxylic acids is 2. The van der Waals surface area contributed by atoms with Crippen LogP contribution in [0.15, 0.2) is 91.5 Å². The predicted octanol–water partition coefficient (Wildman–Crippen LogP) is 6.65. The topological polar surface area (TPSA) is 128 Å². The van der Waals surface area contributed by atoms with E-state index in [1.807, 2.05) is 36.6 Å². The monoisotopic (exact) mass is 720 g/mol. The summed E-state index contributed by atoms with van der Waals surface area (Å²) >= 11 is 6.04. The van der Waals surface area contributed by atoms with Crippen molar-refractivity contribution in [2.24, 2.45) is 5.92 Å². The van der Waals surface area contributed by atoms with Crippen molar-refractivity contribution in [2.45, 2.75) is 32.7 Å². The highest BCUT2D eigenvalue weighted by Crippen LogP contribution is 2.35. The van der Waals surface area contributed by atoms with Crippen LogP contribution in [0, 0.1) is 19.8 Å². The highest BCUT2D eigenvalue weighted by molar-refractivity contribution is 6.30. The van der Waals surface area contributed by atoms with Crippen LogP contribution in [0.25, 0.3) is 33.6 Å². The van der Waals surface area contributed by atoms with Crippen LogP contribution in [0.3, 0.4) is 0 Å². The van der Waals surface area contributed by atoms with Gasteiger partial charge in [0.05, 0.1) is 36.5 Å². The van der Waals surface area contributed by atoms with Gasteiger partial charge >= 0.3 is 0 Å². The molecule has 1 atom stereocenters. The van der Waals surface area contributed by atoms with Crippen LogP contribution in [-0.4, -0.2) is 74.9 Å². The van der Waals surface area contributed by atoms with E-state index in [-0.39, 0.29) is 25.4 Å². The maximum absolute atomic E-state index is 15.6. The lowest BCUT2D eigenvalue weighted by Crippen LogP contribution is -2.51. The van der Waals surface area contributed by atoms with Gasteiger partial charge in [-0.05, 0) is 80.9 Å². The molecule has 1 aliphatic heterocycles. The van der Waals surface area contributed by atoms with E-state index in [9.17, 15) is 9.59 Å². The summed E-state index contributed by atoms with van der Waals surface area (Å²) in [7, 11) is 0. The lowest BCUT2D eigenvalue weighted by atomic mass is 9.92. The van der Waals surface area contributed by atoms with E-state index in [4.69, 9.17) is 11.6 Å². The van der Waals surface area contributed by atoms with Crippen molar-refractivity contribution in [3.05, 3.63) is 119 Å². The Labute approximate surface area is 300 Å². The van der Waals surface area contributed by atoms with Gasteiger partial charge in [-0.25, -0.2) is 23.3 Å². The number of aryl methyl sites for hydroxylation is 2. The van der Waals surface area contributed by atoms with E-state index < -0.39 is 24.3 Å². The third kappa shape index (κ3) is 6.25. The van der Waals surface area contributed by atoms with E-state index in [1.165, 1.54) is 15.8 Å². The number of hydrogen-bond acceptors (Lipinski definition) is 7. The quantitative estimate of drug-likeness (QED) is 0.195. The number of amides is 2. The normalized spacial score (nSPS) is 15.7. The van der Waals surface area contributed by atoms with Crippen molar-refractivity contribution < 1.29 is 18.4 Å². The van der Waals surface area contributed by atoms with Crippen molar-refractivity contribution >= 4 is 45.8 Å². The fourth-order valence-corrected chi connectivity index (χ4v) is 6.74. The Bertz CT molecular complexity index is 2470. The molecule has 1 aliphatic rings. The Morgan fingerprint density at radius 3 is 2.58 bits per heavy atom. The lowest BCUT2D eigenvalue weighted by Gasteiger charge is -2.38. The highest BCUT2D eigenvalue weighted by atomic mass is 35.5. The summed E-state index contributed by atoms with van der Waals surface area (Å²) in [6.45, 7) is 3.16. The molecule has 0 saturated carbocycles. The van der Waals surface area contributed by atoms with Crippen LogP contribution in [0.2, 0.25) is 5.02 Å². The number of alkyl halides is 2. The van der Waals surface area contributed by atoms with Crippen LogP contribution < -0.4 is 5.32 Å². The number of aromatic nitrogens is 8. The number of benzene rings is 3. The average molecular weight is 721 g/mol. The number of hydrogen-bond donors (Lipinski definition) is 1. The number of nitrogens with one attached hydrogen (secondary N) is 1. The SMILES string of the molecule is Cc1cc(C)n2ncc(C(=O)Nc3ccc(-c4cn(CC5CCN(C(=O)c6ccc7ncn(-c8ccc(Cl)cc8)c7c6)CC5(F)F)nn4)cc3)c2n1. The first kappa shape index (κ1) is 33.1. The van der Waals surface area contributed by atoms with Crippen LogP contribution in [0.1, 0.15) is 38.5 Å². The molecule has 2 amide bonds. The number of halogens is 3. The van der Waals surface area contributed by atoms with Crippen molar-refractivity contribution in [1.82, 2.24) is 44.0 Å². The van der Waals surface area contributed by atoms with Crippen molar-refractivity contribution in [2.75, 3.05) is 18.4 Å². The van der Waals surface area contributed by atoms with E-state index in [2.05, 4.69) is 30.7 Å². The van der Waals surface area contributed by atoms with Gasteiger partial charge in [0.1, 0.15) is 17.6 Å². The molecule has 15 heteroatoms. The van der Waals surface area contributed by atoms with Gasteiger partial charge in [0.25, 0.3) is 17.7 Å². The Kier molecular flexibility index (Phi) is 8.25. The summed E-state index contributed by atoms with van der Waals surface area (Å²) in [5.41, 5.74) is 6.71. The van der Waals surface area contributed by atoms with Crippen LogP contribution in [0.4, 0.5) is 14.5 Å². The summed E-state index contributed by atoms with van der Waals surface area (Å²) in [6.07, 6.45) is 4.85. The number of likely N-dealkylation sites (tertiary alicyclic amines) is 1. The fourth-order valence-electron chi connectivity index (χ4n) is 6.61. The maximum atomic E-state index is 15.6. The van der Waals surface area contributed by atoms with Crippen molar-refractivity contribution in [3.8, 4) is 16.9 Å². The van der Waals surface area contributed by atoms with Crippen LogP contribution in [-0.2, 0) is 6.54 Å². The molecule has 1 saturated heterocycles. The predicted molar refractivity (Wildman–Crippen MR) is 191 cm³/mol. The molecule has 7 aromatic rings. The van der Waals surface area contributed by atoms with Crippen molar-refractivity contribution in [3.63, 3.8) is 0 Å². The second-order valence-electron chi connectivity index (χ2n) is 13.0. The zero-order valence-corrected chi connectivity index (χ0v) is 28.8. The molecule has 3 aromatic carbocycles. The molecule has 0 bridgehead atoms. The molecule has 0 radical (unpaired) electrons. The number of fused-ring (bicyclic) bond motifs is 2. The van der Waals surface area contributed by atoms with E-state index >= 15 is 8.78 Å². The van der Waals surface area contributed by atoms with Gasteiger partial charge in [0, 0.05) is 51.4 Å². The number of piperidine rings is 1. The number of anilines is 1. The summed E-state index contributed by atoms with van der Waals surface area (Å²) in [6, 6.07) is 21.1. The largest absolute Gasteiger partial charge is 0.333 e. The van der Waals surface area contributed by atoms with Gasteiger partial charge in [-0.1, -0.05) is 28.9 Å². The van der Waals surface area contributed by atoms with Crippen LogP contribution >= 0.6 is 11.6 Å². The van der Waals surface area contributed by atoms with Crippen LogP contribution in [0.5, 0.6) is 0 Å². The summed E-state index contributed by atoms with van der Waals surface area (Å²) < 4.78 is 36.0. The average Bonchev–Trinajstić information content (AvgIpc) is 3.88. The minimum absolute atomic E-state index is 0.0605. The second-order valence-corrected chi connectivity index (χ2v) is 13.4. The number of nitrogens with zero attached hydrogens (tertiary/aromatic N) is 9. The molecular weight excluding hydrogens is 690 g/mol. The zero-order chi connectivity index (χ0) is 36.1. The number of carbonyl (C=O) groups is 2. The first-order valence-corrected chi connectivity index (χ1v) is 16.9. The number of imidazole rings is 1. The highest BCUT2D eigenvalue weighted by Gasteiger charge is 2.46. The van der Waals surface area contributed by atoms with Gasteiger partial charge in [0.2, 0.25) is 0 Å². The number of rotatable bonds is 7. The van der Waals surface area contributed by atoms with Gasteiger partial charge in [0.15, 0.2) is 5.65 Å². The molecule has 8 rings (SSSR count). The smallest absolute Gasteiger partial charge is 0.269 e. The maximum Gasteiger partial charge on any atom is 0.269 e. The van der Waals surface area contributed by atoms with E-state index in [0.29, 0.717) is 49.8 Å². The standard InChI is InChI=1S/C37H31ClF2N10O2/c1-22-15-23(2)50-34(43-22)30(17-42-50)35(51)44-28-8-3-24(4-9-28)32-19-48(46-45-32)18-26-13-14-47(20-37(26,39)40)36(52)25-5-12-31-33(16-25)49(21-41-31)29-10-6-27(38)7-11-29/h3-12,15-17,19,21,26H,13-14,18,20H2,1-2H3,(H,44,51). The van der Waals surface area contributed by atoms with Crippen molar-refractivity contribution in [1.29, 1.82) is 0 Å². The van der Waals surface area contributed by atoms with Gasteiger partial charge in [-0.15, -0.1) is 5.10 Å². The minimum Gasteiger partial charge on any atom is -0.333 e. The summed E-state index contributed by atoms with van der Waals surface area (Å²) in [5.74, 6) is -5.00. The molecule has 52 heavy (non-hydrogen) atoms. The Balaban J connectivity index is 0.907. The Morgan fingerprint density at radius 1 is 1.02 bits per heavy atom. The van der Waals surface area contributed by atoms with E-state index in [0.717, 1.165) is 17.1 Å². The van der Waals surface area contributed by atoms with E-state index in [1.54, 1.807) is 71.6 Å². The van der Waals surface area contributed by atoms with Gasteiger partial charge in [-0.3, -0.25) is 18.8 Å². The molecule has 0 spiro atoms. The molecule has 12 nitrogen and oxygen atoms in total. The third-order valence-corrected chi connectivity index (χ3v) is 9.59. The van der Waals surface area contributed by atoms with Gasteiger partial charge in [-0.2, -0.15) is 5.10 Å². The lowest BCUT2D eigenvalue weighted by molar-refractivity contribution is -0.108. The molecule has 5 heterocycles. The molecule has 1 unspecified atom stereocenters. The third-order valence-electron chi connectivity index (χ3n) is 9.34. The summed E-state index contributed by atoms with van der Waals surface area (Å²) in [4.78, 5) is 36.6. The Morgan fingerprint density at radius 2 is 1.81 bits per heavy atom. The fraction of sp³-hybridized carbons (Fsp3) is 0.216.